The lowest BCUT2D eigenvalue weighted by atomic mass is 9.86. The predicted octanol–water partition coefficient (Wildman–Crippen LogP) is 8.51. The molecule has 3 aliphatic rings. The van der Waals surface area contributed by atoms with Gasteiger partial charge in [-0.2, -0.15) is 0 Å². The van der Waals surface area contributed by atoms with Gasteiger partial charge in [0.25, 0.3) is 0 Å². The number of carbonyl (C=O) groups is 1. The van der Waals surface area contributed by atoms with Gasteiger partial charge in [0.1, 0.15) is 5.01 Å². The molecule has 2 saturated heterocycles. The third-order valence-corrected chi connectivity index (χ3v) is 10.8. The van der Waals surface area contributed by atoms with Gasteiger partial charge >= 0.3 is 5.97 Å². The summed E-state index contributed by atoms with van der Waals surface area (Å²) in [6.07, 6.45) is 1.07. The summed E-state index contributed by atoms with van der Waals surface area (Å²) in [6, 6.07) is 16.9. The number of fused-ring (bicyclic) bond motifs is 2. The molecular formula is C37H40ClN3O4S. The molecule has 2 fully saturated rings. The summed E-state index contributed by atoms with van der Waals surface area (Å²) in [6.45, 7) is 13.7. The van der Waals surface area contributed by atoms with Gasteiger partial charge in [0.2, 0.25) is 0 Å². The van der Waals surface area contributed by atoms with Crippen LogP contribution in [0.25, 0.3) is 31.9 Å². The van der Waals surface area contributed by atoms with Crippen LogP contribution in [-0.4, -0.2) is 64.6 Å². The van der Waals surface area contributed by atoms with Gasteiger partial charge in [-0.3, -0.25) is 9.89 Å². The van der Waals surface area contributed by atoms with Crippen molar-refractivity contribution in [3.05, 3.63) is 75.8 Å². The first-order valence-corrected chi connectivity index (χ1v) is 17.3. The third-order valence-electron chi connectivity index (χ3n) is 9.43. The SMILES string of the molecule is Cc1cc2nc(-c3ccc4c(c3)C(C3CCN(C5COC5)CC3)=NC4C)sc2c(-c2ccc(Cl)cc2)c1[C@H](OC(C)(C)C)C(=O)O. The maximum atomic E-state index is 12.7. The number of aryl methyl sites for hydroxylation is 1. The van der Waals surface area contributed by atoms with Crippen LogP contribution in [0.15, 0.2) is 53.5 Å². The minimum Gasteiger partial charge on any atom is -0.479 e. The summed E-state index contributed by atoms with van der Waals surface area (Å²) in [7, 11) is 0. The van der Waals surface area contributed by atoms with Crippen molar-refractivity contribution in [2.45, 2.75) is 71.2 Å². The van der Waals surface area contributed by atoms with Gasteiger partial charge in [-0.15, -0.1) is 11.3 Å². The number of aromatic nitrogens is 1. The Kier molecular flexibility index (Phi) is 8.31. The molecule has 0 bridgehead atoms. The van der Waals surface area contributed by atoms with E-state index in [4.69, 9.17) is 31.1 Å². The van der Waals surface area contributed by atoms with Crippen LogP contribution in [-0.2, 0) is 14.3 Å². The second-order valence-electron chi connectivity index (χ2n) is 13.8. The van der Waals surface area contributed by atoms with E-state index < -0.39 is 17.7 Å². The smallest absolute Gasteiger partial charge is 0.337 e. The maximum Gasteiger partial charge on any atom is 0.337 e. The second kappa shape index (κ2) is 12.1. The van der Waals surface area contributed by atoms with Gasteiger partial charge in [-0.05, 0) is 102 Å². The fourth-order valence-corrected chi connectivity index (χ4v) is 8.33. The van der Waals surface area contributed by atoms with Gasteiger partial charge in [0, 0.05) is 38.9 Å². The van der Waals surface area contributed by atoms with Crippen LogP contribution in [0.1, 0.15) is 74.9 Å². The number of hydrogen-bond donors (Lipinski definition) is 1. The maximum absolute atomic E-state index is 12.7. The number of nitrogens with zero attached hydrogens (tertiary/aromatic N) is 3. The first-order valence-electron chi connectivity index (χ1n) is 16.1. The number of halogens is 1. The average molecular weight is 658 g/mol. The molecular weight excluding hydrogens is 618 g/mol. The fourth-order valence-electron chi connectivity index (χ4n) is 7.08. The van der Waals surface area contributed by atoms with Crippen LogP contribution in [0, 0.1) is 12.8 Å². The van der Waals surface area contributed by atoms with Crippen molar-refractivity contribution < 1.29 is 19.4 Å². The van der Waals surface area contributed by atoms with Crippen LogP contribution in [0.3, 0.4) is 0 Å². The zero-order chi connectivity index (χ0) is 32.3. The number of carboxylic acid groups (broad SMARTS) is 1. The van der Waals surface area contributed by atoms with Crippen molar-refractivity contribution in [2.24, 2.45) is 10.9 Å². The van der Waals surface area contributed by atoms with E-state index in [-0.39, 0.29) is 6.04 Å². The lowest BCUT2D eigenvalue weighted by Crippen LogP contribution is -2.52. The molecule has 2 atom stereocenters. The number of benzene rings is 3. The summed E-state index contributed by atoms with van der Waals surface area (Å²) in [5.41, 5.74) is 8.15. The van der Waals surface area contributed by atoms with Gasteiger partial charge in [-0.25, -0.2) is 9.78 Å². The molecule has 1 N–H and O–H groups in total. The summed E-state index contributed by atoms with van der Waals surface area (Å²) in [4.78, 5) is 25.6. The second-order valence-corrected chi connectivity index (χ2v) is 15.2. The van der Waals surface area contributed by atoms with E-state index >= 15 is 0 Å². The highest BCUT2D eigenvalue weighted by Crippen LogP contribution is 2.45. The van der Waals surface area contributed by atoms with Crippen molar-refractivity contribution in [2.75, 3.05) is 26.3 Å². The Hall–Kier alpha value is -3.14. The molecule has 4 aromatic rings. The molecule has 0 saturated carbocycles. The molecule has 1 unspecified atom stereocenters. The van der Waals surface area contributed by atoms with E-state index in [1.165, 1.54) is 16.8 Å². The minimum atomic E-state index is -1.15. The van der Waals surface area contributed by atoms with E-state index in [2.05, 4.69) is 30.0 Å². The van der Waals surface area contributed by atoms with Crippen molar-refractivity contribution in [1.29, 1.82) is 0 Å². The molecule has 9 heteroatoms. The van der Waals surface area contributed by atoms with E-state index in [1.54, 1.807) is 11.3 Å². The summed E-state index contributed by atoms with van der Waals surface area (Å²) in [5, 5.41) is 11.9. The molecule has 3 aromatic carbocycles. The quantitative estimate of drug-likeness (QED) is 0.215. The Bertz CT molecular complexity index is 1830. The fraction of sp³-hybridized carbons (Fsp3) is 0.432. The number of aliphatic imine (C=N–C) groups is 1. The Balaban J connectivity index is 1.30. The number of piperidine rings is 1. The van der Waals surface area contributed by atoms with Crippen LogP contribution in [0.5, 0.6) is 0 Å². The molecule has 46 heavy (non-hydrogen) atoms. The number of aliphatic carboxylic acids is 1. The Morgan fingerprint density at radius 1 is 1.09 bits per heavy atom. The molecule has 7 nitrogen and oxygen atoms in total. The van der Waals surface area contributed by atoms with Crippen LogP contribution >= 0.6 is 22.9 Å². The number of carboxylic acids is 1. The zero-order valence-corrected chi connectivity index (χ0v) is 28.5. The molecule has 0 radical (unpaired) electrons. The van der Waals surface area contributed by atoms with Crippen LogP contribution < -0.4 is 0 Å². The summed E-state index contributed by atoms with van der Waals surface area (Å²) in [5.74, 6) is -0.576. The molecule has 4 heterocycles. The molecule has 3 aliphatic heterocycles. The monoisotopic (exact) mass is 657 g/mol. The first kappa shape index (κ1) is 31.5. The Morgan fingerprint density at radius 2 is 1.78 bits per heavy atom. The molecule has 0 aliphatic carbocycles. The molecule has 1 aromatic heterocycles. The first-order chi connectivity index (χ1) is 22.0. The Morgan fingerprint density at radius 3 is 2.41 bits per heavy atom. The summed E-state index contributed by atoms with van der Waals surface area (Å²) >= 11 is 7.87. The largest absolute Gasteiger partial charge is 0.479 e. The third kappa shape index (κ3) is 5.90. The van der Waals surface area contributed by atoms with Crippen LogP contribution in [0.2, 0.25) is 5.02 Å². The van der Waals surface area contributed by atoms with Gasteiger partial charge in [-0.1, -0.05) is 35.9 Å². The molecule has 0 amide bonds. The highest BCUT2D eigenvalue weighted by atomic mass is 35.5. The standard InChI is InChI=1S/C37H40ClN3O4S/c1-20-16-29-34(31(22-6-9-25(38)10-7-22)30(20)33(36(42)43)45-37(3,4)5)46-35(40-29)24-8-11-27-21(2)39-32(28(27)17-24)23-12-14-41(15-13-23)26-18-44-19-26/h6-11,16-17,21,23,26,33H,12-15,18-19H2,1-5H3,(H,42,43)/t21?,33-/m0/s1. The Labute approximate surface area is 279 Å². The zero-order valence-electron chi connectivity index (χ0n) is 27.0. The van der Waals surface area contributed by atoms with Crippen molar-refractivity contribution in [1.82, 2.24) is 9.88 Å². The lowest BCUT2D eigenvalue weighted by molar-refractivity contribution is -0.160. The molecule has 240 valence electrons. The lowest BCUT2D eigenvalue weighted by Gasteiger charge is -2.41. The minimum absolute atomic E-state index is 0.143. The van der Waals surface area contributed by atoms with Gasteiger partial charge in [0.15, 0.2) is 6.10 Å². The number of hydrogen-bond acceptors (Lipinski definition) is 7. The van der Waals surface area contributed by atoms with Crippen molar-refractivity contribution in [3.8, 4) is 21.7 Å². The molecule has 0 spiro atoms. The number of thiazole rings is 1. The van der Waals surface area contributed by atoms with E-state index in [0.717, 1.165) is 76.6 Å². The van der Waals surface area contributed by atoms with E-state index in [0.29, 0.717) is 22.5 Å². The van der Waals surface area contributed by atoms with Crippen molar-refractivity contribution >= 4 is 44.8 Å². The highest BCUT2D eigenvalue weighted by molar-refractivity contribution is 7.22. The van der Waals surface area contributed by atoms with Gasteiger partial charge < -0.3 is 14.6 Å². The molecule has 7 rings (SSSR count). The highest BCUT2D eigenvalue weighted by Gasteiger charge is 2.35. The predicted molar refractivity (Wildman–Crippen MR) is 185 cm³/mol. The van der Waals surface area contributed by atoms with Crippen molar-refractivity contribution in [3.63, 3.8) is 0 Å². The number of rotatable bonds is 7. The van der Waals surface area contributed by atoms with E-state index in [9.17, 15) is 9.90 Å². The number of ether oxygens (including phenoxy) is 2. The normalized spacial score (nSPS) is 20.0. The number of likely N-dealkylation sites (tertiary alicyclic amines) is 1. The van der Waals surface area contributed by atoms with Crippen LogP contribution in [0.4, 0.5) is 0 Å². The van der Waals surface area contributed by atoms with E-state index in [1.807, 2.05) is 58.0 Å². The average Bonchev–Trinajstić information content (AvgIpc) is 3.55. The topological polar surface area (TPSA) is 84.3 Å². The summed E-state index contributed by atoms with van der Waals surface area (Å²) < 4.78 is 12.6. The van der Waals surface area contributed by atoms with Gasteiger partial charge in [0.05, 0.1) is 41.1 Å².